The molecule has 2 N–H and O–H groups in total. The molecule has 4 aromatic rings. The van der Waals surface area contributed by atoms with Crippen LogP contribution in [0.3, 0.4) is 0 Å². The predicted octanol–water partition coefficient (Wildman–Crippen LogP) is 12.9. The first kappa shape index (κ1) is 67.6. The van der Waals surface area contributed by atoms with E-state index < -0.39 is 57.2 Å². The van der Waals surface area contributed by atoms with Crippen molar-refractivity contribution in [2.45, 2.75) is 140 Å². The lowest BCUT2D eigenvalue weighted by Gasteiger charge is -2.39. The molecule has 0 aliphatic carbocycles. The standard InChI is InChI=1S/C24H27F3N4O2S.C24H30F3N3O3S.C6H9F3.C2H6/c1-17(2)31(34(33)22-5-3-4-19(14-22)24(25,26)27)21-10-12-30(13-11-21)16-23(32)29-20-8-6-18(15-28)7-9-20;1-17(2)30(34(32)22-6-4-5-18(15-22)24(25,26)27)20-11-13-29(14-12-20)16-23(31)28-19-7-9-21(33-3)10-8-19;1-3-4-5(2)6(7,8)9;1-2/h3-9,14,17,21H,10-13,16H2,1-2H3,(H,29,32);4-10,15,17,20H,11-14,16H2,1-3H3,(H,28,31);4H,3H2,1-2H3;1-2H3/b;;5-4+;. The van der Waals surface area contributed by atoms with Crippen molar-refractivity contribution < 1.29 is 62.3 Å². The van der Waals surface area contributed by atoms with Crippen LogP contribution < -0.4 is 15.4 Å². The molecule has 6 rings (SSSR count). The molecule has 0 aromatic heterocycles. The van der Waals surface area contributed by atoms with E-state index in [2.05, 4.69) is 10.6 Å². The lowest BCUT2D eigenvalue weighted by Crippen LogP contribution is -2.49. The van der Waals surface area contributed by atoms with E-state index in [-0.39, 0.29) is 58.9 Å². The van der Waals surface area contributed by atoms with Crippen molar-refractivity contribution in [3.05, 3.63) is 125 Å². The Balaban J connectivity index is 0.000000350. The summed E-state index contributed by atoms with van der Waals surface area (Å²) in [5, 5.41) is 14.5. The van der Waals surface area contributed by atoms with Crippen LogP contribution in [-0.2, 0) is 43.9 Å². The van der Waals surface area contributed by atoms with E-state index >= 15 is 0 Å². The van der Waals surface area contributed by atoms with Crippen LogP contribution in [0, 0.1) is 11.3 Å². The van der Waals surface area contributed by atoms with Crippen molar-refractivity contribution in [2.24, 2.45) is 0 Å². The van der Waals surface area contributed by atoms with Gasteiger partial charge in [0.25, 0.3) is 0 Å². The summed E-state index contributed by atoms with van der Waals surface area (Å²) in [6.07, 6.45) is -8.88. The van der Waals surface area contributed by atoms with Gasteiger partial charge in [0.05, 0.1) is 52.7 Å². The van der Waals surface area contributed by atoms with Crippen molar-refractivity contribution in [3.63, 3.8) is 0 Å². The van der Waals surface area contributed by atoms with Gasteiger partial charge in [-0.25, -0.2) is 17.0 Å². The lowest BCUT2D eigenvalue weighted by molar-refractivity contribution is -0.138. The summed E-state index contributed by atoms with van der Waals surface area (Å²) in [5.41, 5.74) is -0.322. The van der Waals surface area contributed by atoms with Gasteiger partial charge >= 0.3 is 18.5 Å². The highest BCUT2D eigenvalue weighted by Crippen LogP contribution is 2.34. The molecule has 2 aliphatic heterocycles. The van der Waals surface area contributed by atoms with Crippen molar-refractivity contribution in [1.29, 1.82) is 5.26 Å². The number of nitrogens with one attached hydrogen (secondary N) is 2. The number of carbonyl (C=O) groups excluding carboxylic acids is 2. The van der Waals surface area contributed by atoms with Gasteiger partial charge in [0.1, 0.15) is 27.7 Å². The fraction of sp³-hybridized carbons (Fsp3) is 0.482. The molecular formula is C56H72F9N7O5S2. The predicted molar refractivity (Wildman–Crippen MR) is 291 cm³/mol. The second-order valence-corrected chi connectivity index (χ2v) is 21.6. The van der Waals surface area contributed by atoms with E-state index in [9.17, 15) is 57.5 Å². The molecule has 2 amide bonds. The summed E-state index contributed by atoms with van der Waals surface area (Å²) >= 11 is 0. The van der Waals surface area contributed by atoms with Crippen LogP contribution >= 0.6 is 0 Å². The van der Waals surface area contributed by atoms with E-state index in [1.807, 2.05) is 57.4 Å². The summed E-state index contributed by atoms with van der Waals surface area (Å²) < 4.78 is 148. The minimum atomic E-state index is -4.49. The van der Waals surface area contributed by atoms with Crippen LogP contribution in [0.4, 0.5) is 50.9 Å². The van der Waals surface area contributed by atoms with Crippen LogP contribution in [0.1, 0.15) is 104 Å². The van der Waals surface area contributed by atoms with Crippen molar-refractivity contribution >= 4 is 45.2 Å². The van der Waals surface area contributed by atoms with Crippen LogP contribution in [0.5, 0.6) is 5.75 Å². The Hall–Kier alpha value is -5.64. The Labute approximate surface area is 463 Å². The SMILES string of the molecule is CC.CC(C)N(C1CCN(CC(=O)Nc2ccc(C#N)cc2)CC1)S(=O)c1cccc(C(F)(F)F)c1.CC/C=C(\C)C(F)(F)F.COc1ccc(NC(=O)CN2CCC(N(C(C)C)S(=O)c3cccc(C(F)(F)F)c3)CC2)cc1. The van der Waals surface area contributed by atoms with Gasteiger partial charge in [0.15, 0.2) is 0 Å². The van der Waals surface area contributed by atoms with Gasteiger partial charge in [0.2, 0.25) is 11.8 Å². The van der Waals surface area contributed by atoms with E-state index in [0.29, 0.717) is 81.0 Å². The minimum Gasteiger partial charge on any atom is -0.497 e. The van der Waals surface area contributed by atoms with Gasteiger partial charge in [-0.15, -0.1) is 0 Å². The van der Waals surface area contributed by atoms with Gasteiger partial charge in [0, 0.05) is 67.3 Å². The molecule has 2 atom stereocenters. The number of methoxy groups -OCH3 is 1. The first-order valence-electron chi connectivity index (χ1n) is 25.8. The molecule has 79 heavy (non-hydrogen) atoms. The first-order valence-corrected chi connectivity index (χ1v) is 28.0. The molecule has 0 radical (unpaired) electrons. The molecule has 4 aromatic carbocycles. The lowest BCUT2D eigenvalue weighted by atomic mass is 10.0. The number of nitrogens with zero attached hydrogens (tertiary/aromatic N) is 5. The maximum absolute atomic E-state index is 13.3. The van der Waals surface area contributed by atoms with E-state index in [0.717, 1.165) is 31.2 Å². The number of hydrogen-bond donors (Lipinski definition) is 2. The number of carbonyl (C=O) groups is 2. The van der Waals surface area contributed by atoms with Crippen molar-refractivity contribution in [2.75, 3.05) is 57.0 Å². The summed E-state index contributed by atoms with van der Waals surface area (Å²) in [4.78, 5) is 29.1. The number of rotatable bonds is 16. The highest BCUT2D eigenvalue weighted by atomic mass is 32.2. The van der Waals surface area contributed by atoms with E-state index in [4.69, 9.17) is 10.00 Å². The molecule has 2 saturated heterocycles. The summed E-state index contributed by atoms with van der Waals surface area (Å²) in [6, 6.07) is 24.7. The van der Waals surface area contributed by atoms with Gasteiger partial charge in [-0.2, -0.15) is 44.8 Å². The van der Waals surface area contributed by atoms with Crippen molar-refractivity contribution in [1.82, 2.24) is 18.4 Å². The van der Waals surface area contributed by atoms with E-state index in [1.54, 1.807) is 71.2 Å². The van der Waals surface area contributed by atoms with E-state index in [1.165, 1.54) is 30.3 Å². The molecular weight excluding hydrogens is 1090 g/mol. The maximum Gasteiger partial charge on any atom is 0.416 e. The Kier molecular flexibility index (Phi) is 27.4. The third-order valence-electron chi connectivity index (χ3n) is 12.3. The average molecular weight is 1160 g/mol. The third-order valence-corrected chi connectivity index (χ3v) is 15.8. The Morgan fingerprint density at radius 2 is 1.04 bits per heavy atom. The topological polar surface area (TPSA) is 138 Å². The highest BCUT2D eigenvalue weighted by molar-refractivity contribution is 7.83. The molecule has 2 unspecified atom stereocenters. The van der Waals surface area contributed by atoms with Crippen LogP contribution in [0.25, 0.3) is 0 Å². The van der Waals surface area contributed by atoms with Crippen molar-refractivity contribution in [3.8, 4) is 11.8 Å². The normalized spacial score (nSPS) is 15.9. The monoisotopic (exact) mass is 1160 g/mol. The quantitative estimate of drug-likeness (QED) is 0.0835. The summed E-state index contributed by atoms with van der Waals surface area (Å²) in [7, 11) is -1.88. The molecule has 12 nitrogen and oxygen atoms in total. The summed E-state index contributed by atoms with van der Waals surface area (Å²) in [6.45, 7) is 17.2. The Bertz CT molecular complexity index is 2650. The maximum atomic E-state index is 13.3. The molecule has 436 valence electrons. The number of alkyl halides is 9. The van der Waals surface area contributed by atoms with Crippen LogP contribution in [-0.4, -0.2) is 115 Å². The molecule has 0 saturated carbocycles. The number of benzene rings is 4. The fourth-order valence-corrected chi connectivity index (χ4v) is 11.6. The number of halogens is 9. The van der Waals surface area contributed by atoms with Gasteiger partial charge in [-0.1, -0.05) is 39.0 Å². The van der Waals surface area contributed by atoms with Gasteiger partial charge < -0.3 is 15.4 Å². The van der Waals surface area contributed by atoms with Crippen LogP contribution in [0.15, 0.2) is 119 Å². The number of anilines is 2. The Morgan fingerprint density at radius 1 is 0.671 bits per heavy atom. The zero-order valence-electron chi connectivity index (χ0n) is 45.9. The number of amides is 2. The number of likely N-dealkylation sites (tertiary alicyclic amines) is 2. The molecule has 0 spiro atoms. The second-order valence-electron chi connectivity index (χ2n) is 18.8. The summed E-state index contributed by atoms with van der Waals surface area (Å²) in [5.74, 6) is 0.408. The first-order chi connectivity index (χ1) is 37.1. The molecule has 2 fully saturated rings. The number of nitriles is 1. The fourth-order valence-electron chi connectivity index (χ4n) is 8.50. The minimum absolute atomic E-state index is 0.0590. The molecule has 2 heterocycles. The van der Waals surface area contributed by atoms with Gasteiger partial charge in [-0.3, -0.25) is 19.4 Å². The number of hydrogen-bond acceptors (Lipinski definition) is 8. The second kappa shape index (κ2) is 32.0. The zero-order valence-corrected chi connectivity index (χ0v) is 47.5. The number of piperidine rings is 2. The zero-order chi connectivity index (χ0) is 59.3. The highest BCUT2D eigenvalue weighted by Gasteiger charge is 2.36. The van der Waals surface area contributed by atoms with Crippen LogP contribution in [0.2, 0.25) is 0 Å². The van der Waals surface area contributed by atoms with Gasteiger partial charge in [-0.05, 0) is 152 Å². The molecule has 2 aliphatic rings. The largest absolute Gasteiger partial charge is 0.497 e. The molecule has 23 heteroatoms. The molecule has 0 bridgehead atoms. The third kappa shape index (κ3) is 22.1. The smallest absolute Gasteiger partial charge is 0.416 e. The Morgan fingerprint density at radius 3 is 1.33 bits per heavy atom. The number of allylic oxidation sites excluding steroid dienone is 2. The average Bonchev–Trinajstić information content (AvgIpc) is 3.40. The number of ether oxygens (including phenoxy) is 1.